The molecule has 0 fully saturated rings. The van der Waals surface area contributed by atoms with E-state index in [1.54, 1.807) is 14.2 Å². The number of nitrogens with zero attached hydrogens (tertiary/aromatic N) is 1. The van der Waals surface area contributed by atoms with Gasteiger partial charge in [0.15, 0.2) is 11.5 Å². The van der Waals surface area contributed by atoms with Crippen LogP contribution in [0.25, 0.3) is 0 Å². The standard InChI is InChI=1S/C19H21BrClNO2/c1-23-17-11-14-8-10-22(12-15(14)18(20)19(17)24-2)9-7-13-5-3-4-6-16(13)21/h3-6,11H,7-10,12H2,1-2H3. The molecule has 128 valence electrons. The monoisotopic (exact) mass is 409 g/mol. The summed E-state index contributed by atoms with van der Waals surface area (Å²) in [6.07, 6.45) is 1.97. The summed E-state index contributed by atoms with van der Waals surface area (Å²) in [6, 6.07) is 10.2. The number of fused-ring (bicyclic) bond motifs is 1. The number of benzene rings is 2. The Balaban J connectivity index is 1.75. The molecule has 24 heavy (non-hydrogen) atoms. The molecular weight excluding hydrogens is 390 g/mol. The van der Waals surface area contributed by atoms with E-state index in [-0.39, 0.29) is 0 Å². The maximum Gasteiger partial charge on any atom is 0.175 e. The van der Waals surface area contributed by atoms with Gasteiger partial charge in [-0.25, -0.2) is 0 Å². The zero-order valence-electron chi connectivity index (χ0n) is 13.9. The molecule has 1 aliphatic heterocycles. The number of halogens is 2. The van der Waals surface area contributed by atoms with Crippen LogP contribution in [0.4, 0.5) is 0 Å². The Hall–Kier alpha value is -1.23. The highest BCUT2D eigenvalue weighted by Gasteiger charge is 2.23. The van der Waals surface area contributed by atoms with Gasteiger partial charge < -0.3 is 9.47 Å². The van der Waals surface area contributed by atoms with Gasteiger partial charge in [0.1, 0.15) is 0 Å². The van der Waals surface area contributed by atoms with Crippen LogP contribution in [-0.2, 0) is 19.4 Å². The third kappa shape index (κ3) is 3.56. The molecule has 5 heteroatoms. The predicted octanol–water partition coefficient (Wildman–Crippen LogP) is 4.72. The molecule has 3 rings (SSSR count). The minimum absolute atomic E-state index is 0.768. The maximum atomic E-state index is 6.26. The topological polar surface area (TPSA) is 21.7 Å². The summed E-state index contributed by atoms with van der Waals surface area (Å²) in [7, 11) is 3.35. The Bertz CT molecular complexity index is 736. The van der Waals surface area contributed by atoms with E-state index in [0.29, 0.717) is 0 Å². The highest BCUT2D eigenvalue weighted by molar-refractivity contribution is 9.10. The van der Waals surface area contributed by atoms with Crippen molar-refractivity contribution in [1.82, 2.24) is 4.90 Å². The van der Waals surface area contributed by atoms with Crippen LogP contribution in [0.1, 0.15) is 16.7 Å². The second-order valence-corrected chi connectivity index (χ2v) is 7.13. The van der Waals surface area contributed by atoms with E-state index < -0.39 is 0 Å². The van der Waals surface area contributed by atoms with Crippen LogP contribution < -0.4 is 9.47 Å². The van der Waals surface area contributed by atoms with E-state index in [9.17, 15) is 0 Å². The Morgan fingerprint density at radius 2 is 2.00 bits per heavy atom. The van der Waals surface area contributed by atoms with Crippen molar-refractivity contribution < 1.29 is 9.47 Å². The van der Waals surface area contributed by atoms with Gasteiger partial charge in [-0.05, 0) is 57.6 Å². The Morgan fingerprint density at radius 3 is 2.71 bits per heavy atom. The second-order valence-electron chi connectivity index (χ2n) is 5.93. The molecule has 0 saturated carbocycles. The molecule has 1 aliphatic rings. The van der Waals surface area contributed by atoms with Gasteiger partial charge >= 0.3 is 0 Å². The van der Waals surface area contributed by atoms with Gasteiger partial charge in [-0.15, -0.1) is 0 Å². The average Bonchev–Trinajstić information content (AvgIpc) is 2.61. The zero-order chi connectivity index (χ0) is 17.1. The first-order chi connectivity index (χ1) is 11.6. The van der Waals surface area contributed by atoms with Gasteiger partial charge in [-0.2, -0.15) is 0 Å². The van der Waals surface area contributed by atoms with Crippen LogP contribution in [0.5, 0.6) is 11.5 Å². The van der Waals surface area contributed by atoms with Gasteiger partial charge in [0, 0.05) is 24.7 Å². The SMILES string of the molecule is COc1cc2c(c(Br)c1OC)CN(CCc1ccccc1Cl)CC2. The van der Waals surface area contributed by atoms with E-state index in [4.69, 9.17) is 21.1 Å². The van der Waals surface area contributed by atoms with Crippen molar-refractivity contribution in [2.75, 3.05) is 27.3 Å². The lowest BCUT2D eigenvalue weighted by Gasteiger charge is -2.30. The van der Waals surface area contributed by atoms with Gasteiger partial charge in [0.25, 0.3) is 0 Å². The molecule has 0 aromatic heterocycles. The van der Waals surface area contributed by atoms with E-state index in [0.717, 1.165) is 53.5 Å². The zero-order valence-corrected chi connectivity index (χ0v) is 16.3. The summed E-state index contributed by atoms with van der Waals surface area (Å²) < 4.78 is 12.0. The Kier molecular flexibility index (Phi) is 5.69. The smallest absolute Gasteiger partial charge is 0.175 e. The molecule has 0 aliphatic carbocycles. The molecule has 0 N–H and O–H groups in total. The highest BCUT2D eigenvalue weighted by Crippen LogP contribution is 2.41. The van der Waals surface area contributed by atoms with Crippen LogP contribution in [0.15, 0.2) is 34.8 Å². The van der Waals surface area contributed by atoms with Gasteiger partial charge in [0.05, 0.1) is 18.7 Å². The summed E-state index contributed by atoms with van der Waals surface area (Å²) in [5.41, 5.74) is 3.82. The predicted molar refractivity (Wildman–Crippen MR) is 101 cm³/mol. The number of rotatable bonds is 5. The molecule has 1 heterocycles. The summed E-state index contributed by atoms with van der Waals surface area (Å²) in [5.74, 6) is 1.55. The summed E-state index contributed by atoms with van der Waals surface area (Å²) in [5, 5.41) is 0.850. The fourth-order valence-electron chi connectivity index (χ4n) is 3.18. The molecule has 2 aromatic carbocycles. The van der Waals surface area contributed by atoms with Gasteiger partial charge in [-0.1, -0.05) is 29.8 Å². The highest BCUT2D eigenvalue weighted by atomic mass is 79.9. The van der Waals surface area contributed by atoms with E-state index >= 15 is 0 Å². The summed E-state index contributed by atoms with van der Waals surface area (Å²) in [4.78, 5) is 2.46. The van der Waals surface area contributed by atoms with Crippen molar-refractivity contribution in [3.63, 3.8) is 0 Å². The lowest BCUT2D eigenvalue weighted by Crippen LogP contribution is -2.32. The first-order valence-electron chi connectivity index (χ1n) is 8.02. The third-order valence-electron chi connectivity index (χ3n) is 4.54. The van der Waals surface area contributed by atoms with Crippen molar-refractivity contribution in [2.24, 2.45) is 0 Å². The molecule has 2 aromatic rings. The van der Waals surface area contributed by atoms with Gasteiger partial charge in [0.2, 0.25) is 0 Å². The molecule has 0 unspecified atom stereocenters. The molecule has 3 nitrogen and oxygen atoms in total. The van der Waals surface area contributed by atoms with Gasteiger partial charge in [-0.3, -0.25) is 4.90 Å². The lowest BCUT2D eigenvalue weighted by atomic mass is 9.98. The minimum atomic E-state index is 0.768. The molecule has 0 atom stereocenters. The van der Waals surface area contributed by atoms with Crippen molar-refractivity contribution in [1.29, 1.82) is 0 Å². The molecule has 0 saturated heterocycles. The van der Waals surface area contributed by atoms with Crippen molar-refractivity contribution >= 4 is 27.5 Å². The Labute approximate surface area is 156 Å². The van der Waals surface area contributed by atoms with Crippen molar-refractivity contribution in [3.8, 4) is 11.5 Å². The fraction of sp³-hybridized carbons (Fsp3) is 0.368. The number of methoxy groups -OCH3 is 2. The number of ether oxygens (including phenoxy) is 2. The minimum Gasteiger partial charge on any atom is -0.493 e. The average molecular weight is 411 g/mol. The van der Waals surface area contributed by atoms with Crippen molar-refractivity contribution in [2.45, 2.75) is 19.4 Å². The largest absolute Gasteiger partial charge is 0.493 e. The second kappa shape index (κ2) is 7.77. The quantitative estimate of drug-likeness (QED) is 0.712. The van der Waals surface area contributed by atoms with E-state index in [1.165, 1.54) is 16.7 Å². The fourth-order valence-corrected chi connectivity index (χ4v) is 4.15. The van der Waals surface area contributed by atoms with Crippen LogP contribution in [0, 0.1) is 0 Å². The lowest BCUT2D eigenvalue weighted by molar-refractivity contribution is 0.255. The molecule has 0 amide bonds. The number of hydrogen-bond donors (Lipinski definition) is 0. The molecular formula is C19H21BrClNO2. The third-order valence-corrected chi connectivity index (χ3v) is 5.75. The van der Waals surface area contributed by atoms with E-state index in [2.05, 4.69) is 33.0 Å². The van der Waals surface area contributed by atoms with Crippen LogP contribution in [0.2, 0.25) is 5.02 Å². The van der Waals surface area contributed by atoms with Crippen LogP contribution in [-0.4, -0.2) is 32.2 Å². The summed E-state index contributed by atoms with van der Waals surface area (Å²) >= 11 is 9.97. The summed E-state index contributed by atoms with van der Waals surface area (Å²) in [6.45, 7) is 2.93. The first kappa shape index (κ1) is 17.6. The van der Waals surface area contributed by atoms with E-state index in [1.807, 2.05) is 18.2 Å². The molecule has 0 spiro atoms. The normalized spacial score (nSPS) is 14.3. The molecule has 0 radical (unpaired) electrons. The Morgan fingerprint density at radius 1 is 1.21 bits per heavy atom. The van der Waals surface area contributed by atoms with Crippen LogP contribution >= 0.6 is 27.5 Å². The van der Waals surface area contributed by atoms with Crippen molar-refractivity contribution in [3.05, 3.63) is 56.5 Å². The first-order valence-corrected chi connectivity index (χ1v) is 9.19. The number of hydrogen-bond acceptors (Lipinski definition) is 3. The molecule has 0 bridgehead atoms. The van der Waals surface area contributed by atoms with Crippen LogP contribution in [0.3, 0.4) is 0 Å². The maximum absolute atomic E-state index is 6.26.